The van der Waals surface area contributed by atoms with Crippen LogP contribution in [0.5, 0.6) is 0 Å². The Morgan fingerprint density at radius 2 is 1.70 bits per heavy atom. The zero-order valence-corrected chi connectivity index (χ0v) is 19.1. The largest absolute Gasteiger partial charge is 0.335 e. The van der Waals surface area contributed by atoms with Gasteiger partial charge in [0.2, 0.25) is 0 Å². The Bertz CT molecular complexity index is 1260. The number of carbonyl (C=O) groups excluding carboxylic acids is 2. The number of hydrogen-bond acceptors (Lipinski definition) is 5. The summed E-state index contributed by atoms with van der Waals surface area (Å²) in [6.07, 6.45) is 8.10. The molecule has 0 spiro atoms. The van der Waals surface area contributed by atoms with Gasteiger partial charge in [0.05, 0.1) is 22.8 Å². The highest BCUT2D eigenvalue weighted by Crippen LogP contribution is 2.34. The number of piperazine rings is 1. The van der Waals surface area contributed by atoms with Gasteiger partial charge in [-0.2, -0.15) is 0 Å². The number of pyridine rings is 1. The Balaban J connectivity index is 1.15. The van der Waals surface area contributed by atoms with Crippen molar-refractivity contribution in [3.8, 4) is 0 Å². The topological polar surface area (TPSA) is 84.2 Å². The maximum atomic E-state index is 13.2. The van der Waals surface area contributed by atoms with Crippen LogP contribution in [-0.2, 0) is 12.8 Å². The van der Waals surface area contributed by atoms with Crippen LogP contribution in [0.15, 0.2) is 24.4 Å². The summed E-state index contributed by atoms with van der Waals surface area (Å²) in [5, 5.41) is 9.80. The number of benzene rings is 1. The molecule has 1 aliphatic heterocycles. The molecule has 2 aromatic heterocycles. The van der Waals surface area contributed by atoms with E-state index in [0.29, 0.717) is 43.5 Å². The minimum atomic E-state index is -0.122. The first-order chi connectivity index (χ1) is 16.1. The van der Waals surface area contributed by atoms with Crippen LogP contribution in [0.4, 0.5) is 0 Å². The average molecular weight is 465 g/mol. The molecule has 1 saturated heterocycles. The van der Waals surface area contributed by atoms with Gasteiger partial charge in [0.1, 0.15) is 0 Å². The van der Waals surface area contributed by atoms with Gasteiger partial charge in [-0.1, -0.05) is 22.9 Å². The highest BCUT2D eigenvalue weighted by molar-refractivity contribution is 6.36. The monoisotopic (exact) mass is 464 g/mol. The number of aromatic nitrogens is 4. The second-order valence-corrected chi connectivity index (χ2v) is 9.57. The number of rotatable bonds is 3. The predicted molar refractivity (Wildman–Crippen MR) is 123 cm³/mol. The summed E-state index contributed by atoms with van der Waals surface area (Å²) in [5.41, 5.74) is 3.98. The van der Waals surface area contributed by atoms with Crippen LogP contribution in [0, 0.1) is 0 Å². The number of carbonyl (C=O) groups is 2. The van der Waals surface area contributed by atoms with E-state index in [0.717, 1.165) is 65.7 Å². The summed E-state index contributed by atoms with van der Waals surface area (Å²) in [6.45, 7) is 1.92. The number of halogens is 1. The quantitative estimate of drug-likeness (QED) is 0.593. The zero-order valence-electron chi connectivity index (χ0n) is 18.3. The summed E-state index contributed by atoms with van der Waals surface area (Å²) < 4.78 is 1.78. The van der Waals surface area contributed by atoms with E-state index >= 15 is 0 Å². The molecule has 1 aromatic carbocycles. The Morgan fingerprint density at radius 1 is 0.970 bits per heavy atom. The molecule has 6 rings (SSSR count). The van der Waals surface area contributed by atoms with E-state index in [9.17, 15) is 9.59 Å². The molecule has 3 aromatic rings. The van der Waals surface area contributed by atoms with Crippen LogP contribution in [-0.4, -0.2) is 67.8 Å². The van der Waals surface area contributed by atoms with Crippen LogP contribution in [0.2, 0.25) is 5.02 Å². The molecule has 9 heteroatoms. The number of aryl methyl sites for hydroxylation is 1. The van der Waals surface area contributed by atoms with Crippen LogP contribution in [0.25, 0.3) is 10.9 Å². The summed E-state index contributed by atoms with van der Waals surface area (Å²) in [6, 6.07) is 5.99. The number of fused-ring (bicyclic) bond motifs is 2. The first-order valence-corrected chi connectivity index (χ1v) is 12.1. The SMILES string of the molecule is O=C(c1ccc2c(Cl)c3c(nc2c1)CCCC3)N1CCN(C(=O)c2cn(C3CC3)nn2)CC1. The highest BCUT2D eigenvalue weighted by Gasteiger charge is 2.30. The van der Waals surface area contributed by atoms with Crippen molar-refractivity contribution in [1.29, 1.82) is 0 Å². The number of nitrogens with zero attached hydrogens (tertiary/aromatic N) is 6. The Labute approximate surface area is 196 Å². The molecule has 0 bridgehead atoms. The van der Waals surface area contributed by atoms with Crippen molar-refractivity contribution in [1.82, 2.24) is 29.8 Å². The molecule has 170 valence electrons. The molecule has 0 unspecified atom stereocenters. The first-order valence-electron chi connectivity index (χ1n) is 11.7. The summed E-state index contributed by atoms with van der Waals surface area (Å²) >= 11 is 6.67. The van der Waals surface area contributed by atoms with E-state index in [1.807, 2.05) is 18.2 Å². The molecular formula is C24H25ClN6O2. The third kappa shape index (κ3) is 3.76. The van der Waals surface area contributed by atoms with E-state index < -0.39 is 0 Å². The molecule has 0 radical (unpaired) electrons. The lowest BCUT2D eigenvalue weighted by Gasteiger charge is -2.34. The fourth-order valence-electron chi connectivity index (χ4n) is 4.85. The number of amides is 2. The van der Waals surface area contributed by atoms with Crippen LogP contribution in [0.3, 0.4) is 0 Å². The molecular weight excluding hydrogens is 440 g/mol. The standard InChI is InChI=1S/C24H25ClN6O2/c25-22-17-3-1-2-4-19(17)26-20-13-15(5-8-18(20)22)23(32)29-9-11-30(12-10-29)24(33)21-14-31(28-27-21)16-6-7-16/h5,8,13-14,16H,1-4,6-7,9-12H2. The fraction of sp³-hybridized carbons (Fsp3) is 0.458. The van der Waals surface area contributed by atoms with Crippen molar-refractivity contribution in [2.75, 3.05) is 26.2 Å². The Hall–Kier alpha value is -3.00. The van der Waals surface area contributed by atoms with E-state index in [-0.39, 0.29) is 11.8 Å². The van der Waals surface area contributed by atoms with Crippen LogP contribution >= 0.6 is 11.6 Å². The summed E-state index contributed by atoms with van der Waals surface area (Å²) in [5.74, 6) is -0.164. The fourth-order valence-corrected chi connectivity index (χ4v) is 5.21. The van der Waals surface area contributed by atoms with E-state index in [1.165, 1.54) is 0 Å². The molecule has 3 heterocycles. The van der Waals surface area contributed by atoms with E-state index in [4.69, 9.17) is 16.6 Å². The van der Waals surface area contributed by atoms with Gasteiger partial charge in [0, 0.05) is 42.8 Å². The van der Waals surface area contributed by atoms with Gasteiger partial charge in [-0.05, 0) is 56.2 Å². The smallest absolute Gasteiger partial charge is 0.276 e. The molecule has 3 aliphatic rings. The van der Waals surface area contributed by atoms with Crippen molar-refractivity contribution < 1.29 is 9.59 Å². The van der Waals surface area contributed by atoms with Crippen molar-refractivity contribution in [2.45, 2.75) is 44.6 Å². The molecule has 2 fully saturated rings. The molecule has 2 amide bonds. The van der Waals surface area contributed by atoms with Crippen molar-refractivity contribution in [2.24, 2.45) is 0 Å². The zero-order chi connectivity index (χ0) is 22.5. The van der Waals surface area contributed by atoms with Gasteiger partial charge in [0.15, 0.2) is 5.69 Å². The normalized spacial score (nSPS) is 18.5. The summed E-state index contributed by atoms with van der Waals surface area (Å²) in [7, 11) is 0. The van der Waals surface area contributed by atoms with Crippen LogP contribution in [0.1, 0.15) is 63.8 Å². The molecule has 0 N–H and O–H groups in total. The van der Waals surface area contributed by atoms with Gasteiger partial charge in [-0.25, -0.2) is 4.68 Å². The van der Waals surface area contributed by atoms with Crippen molar-refractivity contribution >= 4 is 34.3 Å². The van der Waals surface area contributed by atoms with E-state index in [1.54, 1.807) is 20.7 Å². The molecule has 33 heavy (non-hydrogen) atoms. The lowest BCUT2D eigenvalue weighted by atomic mass is 9.94. The minimum absolute atomic E-state index is 0.0423. The molecule has 2 aliphatic carbocycles. The number of hydrogen-bond donors (Lipinski definition) is 0. The second-order valence-electron chi connectivity index (χ2n) is 9.19. The minimum Gasteiger partial charge on any atom is -0.335 e. The Kier molecular flexibility index (Phi) is 5.05. The third-order valence-electron chi connectivity index (χ3n) is 6.94. The average Bonchev–Trinajstić information content (AvgIpc) is 3.59. The van der Waals surface area contributed by atoms with Gasteiger partial charge >= 0.3 is 0 Å². The lowest BCUT2D eigenvalue weighted by Crippen LogP contribution is -2.50. The van der Waals surface area contributed by atoms with Gasteiger partial charge < -0.3 is 9.80 Å². The van der Waals surface area contributed by atoms with Gasteiger partial charge in [0.25, 0.3) is 11.8 Å². The third-order valence-corrected chi connectivity index (χ3v) is 7.38. The van der Waals surface area contributed by atoms with E-state index in [2.05, 4.69) is 10.3 Å². The van der Waals surface area contributed by atoms with Crippen LogP contribution < -0.4 is 0 Å². The van der Waals surface area contributed by atoms with Crippen molar-refractivity contribution in [3.05, 3.63) is 51.9 Å². The molecule has 0 atom stereocenters. The lowest BCUT2D eigenvalue weighted by molar-refractivity contribution is 0.0532. The molecule has 1 saturated carbocycles. The van der Waals surface area contributed by atoms with Gasteiger partial charge in [-0.3, -0.25) is 14.6 Å². The highest BCUT2D eigenvalue weighted by atomic mass is 35.5. The first kappa shape index (κ1) is 20.6. The van der Waals surface area contributed by atoms with Gasteiger partial charge in [-0.15, -0.1) is 5.10 Å². The predicted octanol–water partition coefficient (Wildman–Crippen LogP) is 3.29. The maximum absolute atomic E-state index is 13.2. The second kappa shape index (κ2) is 8.09. The summed E-state index contributed by atoms with van der Waals surface area (Å²) in [4.78, 5) is 34.3. The van der Waals surface area contributed by atoms with Crippen molar-refractivity contribution in [3.63, 3.8) is 0 Å². The Morgan fingerprint density at radius 3 is 2.45 bits per heavy atom. The molecule has 8 nitrogen and oxygen atoms in total. The maximum Gasteiger partial charge on any atom is 0.276 e.